The van der Waals surface area contributed by atoms with E-state index in [1.165, 1.54) is 5.56 Å². The van der Waals surface area contributed by atoms with E-state index < -0.39 is 6.85 Å². The van der Waals surface area contributed by atoms with Crippen molar-refractivity contribution in [3.05, 3.63) is 192 Å². The maximum absolute atomic E-state index is 11.7. The van der Waals surface area contributed by atoms with Crippen LogP contribution in [0.15, 0.2) is 170 Å². The Hall–Kier alpha value is -7.04. The van der Waals surface area contributed by atoms with Crippen LogP contribution in [0, 0.1) is 27.6 Å². The fourth-order valence-electron chi connectivity index (χ4n) is 7.68. The highest BCUT2D eigenvalue weighted by Gasteiger charge is 2.22. The van der Waals surface area contributed by atoms with Gasteiger partial charge in [-0.05, 0) is 138 Å². The van der Waals surface area contributed by atoms with Crippen molar-refractivity contribution in [2.45, 2.75) is 27.6 Å². The number of pyridine rings is 1. The number of hydrogen-bond donors (Lipinski definition) is 1. The quantitative estimate of drug-likeness (QED) is 0.178. The van der Waals surface area contributed by atoms with Crippen molar-refractivity contribution in [1.29, 1.82) is 0 Å². The van der Waals surface area contributed by atoms with E-state index in [-0.39, 0.29) is 11.3 Å². The van der Waals surface area contributed by atoms with Crippen LogP contribution in [-0.4, -0.2) is 19.6 Å². The Bertz CT molecular complexity index is 3010. The van der Waals surface area contributed by atoms with Crippen LogP contribution in [-0.2, 0) is 0 Å². The zero-order chi connectivity index (χ0) is 40.8. The number of aromatic hydroxyl groups is 1. The van der Waals surface area contributed by atoms with E-state index in [1.807, 2.05) is 110 Å². The van der Waals surface area contributed by atoms with Gasteiger partial charge in [0.1, 0.15) is 11.6 Å². The number of para-hydroxylation sites is 1. The van der Waals surface area contributed by atoms with Crippen molar-refractivity contribution in [3.63, 3.8) is 0 Å². The topological polar surface area (TPSA) is 50.9 Å². The number of nitrogens with zero attached hydrogens (tertiary/aromatic N) is 3. The van der Waals surface area contributed by atoms with E-state index in [0.717, 1.165) is 72.4 Å². The van der Waals surface area contributed by atoms with Gasteiger partial charge in [-0.25, -0.2) is 4.98 Å². The average Bonchev–Trinajstić information content (AvgIpc) is 3.65. The molecule has 0 aliphatic rings. The summed E-state index contributed by atoms with van der Waals surface area (Å²) in [6.07, 6.45) is 1.86. The summed E-state index contributed by atoms with van der Waals surface area (Å²) < 4.78 is 27.5. The minimum absolute atomic E-state index is 0.122. The van der Waals surface area contributed by atoms with Gasteiger partial charge in [-0.3, -0.25) is 9.55 Å². The molecule has 0 bridgehead atoms. The predicted octanol–water partition coefficient (Wildman–Crippen LogP) is 13.4. The molecule has 56 heavy (non-hydrogen) atoms. The lowest BCUT2D eigenvalue weighted by Crippen LogP contribution is -2.00. The second-order valence-corrected chi connectivity index (χ2v) is 14.5. The second kappa shape index (κ2) is 14.3. The largest absolute Gasteiger partial charge is 0.507 e. The molecule has 2 heterocycles. The van der Waals surface area contributed by atoms with Gasteiger partial charge in [0.2, 0.25) is 0 Å². The molecule has 0 aliphatic carbocycles. The van der Waals surface area contributed by atoms with Crippen molar-refractivity contribution in [2.24, 2.45) is 0 Å². The Morgan fingerprint density at radius 1 is 0.500 bits per heavy atom. The van der Waals surface area contributed by atoms with Gasteiger partial charge in [-0.15, -0.1) is 0 Å². The normalized spacial score (nSPS) is 12.3. The lowest BCUT2D eigenvalue weighted by molar-refractivity contribution is 0.472. The number of fused-ring (bicyclic) bond motifs is 1. The van der Waals surface area contributed by atoms with Crippen LogP contribution >= 0.6 is 0 Å². The third-order valence-electron chi connectivity index (χ3n) is 10.4. The van der Waals surface area contributed by atoms with Crippen LogP contribution in [0.3, 0.4) is 0 Å². The molecule has 0 aliphatic heterocycles. The molecule has 2 aromatic heterocycles. The lowest BCUT2D eigenvalue weighted by Gasteiger charge is -2.15. The minimum atomic E-state index is -2.37. The molecule has 0 unspecified atom stereocenters. The summed E-state index contributed by atoms with van der Waals surface area (Å²) in [4.78, 5) is 10.3. The number of rotatable bonds is 7. The fourth-order valence-corrected chi connectivity index (χ4v) is 7.68. The molecule has 270 valence electrons. The van der Waals surface area contributed by atoms with Gasteiger partial charge < -0.3 is 5.11 Å². The zero-order valence-electron chi connectivity index (χ0n) is 34.5. The zero-order valence-corrected chi connectivity index (χ0v) is 31.5. The second-order valence-electron chi connectivity index (χ2n) is 14.5. The first-order valence-electron chi connectivity index (χ1n) is 20.3. The molecular weight excluding hydrogens is 683 g/mol. The molecule has 9 aromatic rings. The molecule has 4 heteroatoms. The summed E-state index contributed by atoms with van der Waals surface area (Å²) in [6.45, 7) is 3.59. The van der Waals surface area contributed by atoms with Crippen LogP contribution < -0.4 is 0 Å². The molecule has 0 spiro atoms. The molecule has 7 aromatic carbocycles. The van der Waals surface area contributed by atoms with E-state index in [1.54, 1.807) is 12.1 Å². The number of aryl methyl sites for hydroxylation is 4. The van der Waals surface area contributed by atoms with Gasteiger partial charge in [0.25, 0.3) is 0 Å². The van der Waals surface area contributed by atoms with Gasteiger partial charge in [0.15, 0.2) is 0 Å². The summed E-state index contributed by atoms with van der Waals surface area (Å²) in [7, 11) is 0. The minimum Gasteiger partial charge on any atom is -0.507 e. The molecule has 0 atom stereocenters. The van der Waals surface area contributed by atoms with Gasteiger partial charge in [-0.2, -0.15) is 0 Å². The Kier molecular flexibility index (Phi) is 8.01. The summed E-state index contributed by atoms with van der Waals surface area (Å²) in [5, 5.41) is 11.7. The van der Waals surface area contributed by atoms with Crippen LogP contribution in [0.5, 0.6) is 5.75 Å². The maximum Gasteiger partial charge on any atom is 0.149 e. The Morgan fingerprint density at radius 3 is 1.91 bits per heavy atom. The molecule has 0 saturated carbocycles. The number of phenols is 1. The first-order valence-corrected chi connectivity index (χ1v) is 18.8. The Morgan fingerprint density at radius 2 is 1.18 bits per heavy atom. The Labute approximate surface area is 332 Å². The summed E-state index contributed by atoms with van der Waals surface area (Å²) in [5.41, 5.74) is 15.3. The smallest absolute Gasteiger partial charge is 0.149 e. The molecule has 0 fully saturated rings. The number of imidazole rings is 1. The van der Waals surface area contributed by atoms with Gasteiger partial charge in [0.05, 0.1) is 22.3 Å². The Balaban J connectivity index is 1.31. The fraction of sp³-hybridized carbons (Fsp3) is 0.0769. The van der Waals surface area contributed by atoms with Crippen molar-refractivity contribution < 1.29 is 9.22 Å². The summed E-state index contributed by atoms with van der Waals surface area (Å²) >= 11 is 0. The molecule has 0 amide bonds. The highest BCUT2D eigenvalue weighted by atomic mass is 16.3. The first kappa shape index (κ1) is 31.3. The number of aromatic nitrogens is 3. The molecule has 0 saturated heterocycles. The lowest BCUT2D eigenvalue weighted by atomic mass is 9.93. The predicted molar refractivity (Wildman–Crippen MR) is 232 cm³/mol. The van der Waals surface area contributed by atoms with Gasteiger partial charge in [0, 0.05) is 27.1 Å². The third-order valence-corrected chi connectivity index (χ3v) is 10.4. The van der Waals surface area contributed by atoms with Crippen molar-refractivity contribution in [2.75, 3.05) is 0 Å². The monoisotopic (exact) mass is 726 g/mol. The van der Waals surface area contributed by atoms with Crippen LogP contribution in [0.2, 0.25) is 0 Å². The van der Waals surface area contributed by atoms with E-state index in [2.05, 4.69) is 73.7 Å². The van der Waals surface area contributed by atoms with Crippen molar-refractivity contribution in [1.82, 2.24) is 14.5 Å². The standard InChI is InChI=1S/C52H41N3O/c1-33-18-20-39(21-19-33)40-22-23-53-48(32-40)44-29-42(38-14-9-6-10-15-38)28-43(30-44)46-16-11-17-49-50(46)54-52(47-27-34(2)24-36(4)51(47)56)55(49)45-26-35(3)25-41(31-45)37-12-7-5-8-13-37/h5-32,56H,1-4H3/i3D3. The number of benzene rings is 7. The van der Waals surface area contributed by atoms with Crippen molar-refractivity contribution >= 4 is 11.0 Å². The maximum atomic E-state index is 11.7. The summed E-state index contributed by atoms with van der Waals surface area (Å²) in [6, 6.07) is 54.8. The summed E-state index contributed by atoms with van der Waals surface area (Å²) in [5.74, 6) is 0.627. The van der Waals surface area contributed by atoms with E-state index in [4.69, 9.17) is 14.1 Å². The SMILES string of the molecule is [2H]C([2H])([2H])c1cc(-c2ccccc2)cc(-n2c(-c3cc(C)cc(C)c3O)nc3c(-c4cc(-c5ccccc5)cc(-c5cc(-c6ccc(C)cc6)ccn5)c4)cccc32)c1. The molecular formula is C52H41N3O. The third kappa shape index (κ3) is 6.56. The average molecular weight is 727 g/mol. The van der Waals surface area contributed by atoms with Crippen LogP contribution in [0.1, 0.15) is 26.4 Å². The number of hydrogen-bond acceptors (Lipinski definition) is 3. The van der Waals surface area contributed by atoms with Gasteiger partial charge in [-0.1, -0.05) is 115 Å². The number of phenolic OH excluding ortho intramolecular Hbond substituents is 1. The molecule has 1 N–H and O–H groups in total. The van der Waals surface area contributed by atoms with Gasteiger partial charge >= 0.3 is 0 Å². The highest BCUT2D eigenvalue weighted by molar-refractivity contribution is 5.98. The highest BCUT2D eigenvalue weighted by Crippen LogP contribution is 2.41. The van der Waals surface area contributed by atoms with Crippen molar-refractivity contribution in [3.8, 4) is 78.6 Å². The molecule has 4 nitrogen and oxygen atoms in total. The molecule has 0 radical (unpaired) electrons. The molecule has 9 rings (SSSR count). The van der Waals surface area contributed by atoms with E-state index >= 15 is 0 Å². The van der Waals surface area contributed by atoms with E-state index in [9.17, 15) is 5.11 Å². The van der Waals surface area contributed by atoms with Crippen LogP contribution in [0.25, 0.3) is 83.9 Å². The first-order chi connectivity index (χ1) is 28.5. The van der Waals surface area contributed by atoms with Crippen LogP contribution in [0.4, 0.5) is 0 Å². The van der Waals surface area contributed by atoms with E-state index in [0.29, 0.717) is 22.6 Å².